The maximum Gasteiger partial charge on any atom is 0.274 e. The molecule has 1 unspecified atom stereocenters. The lowest BCUT2D eigenvalue weighted by Gasteiger charge is -2.17. The van der Waals surface area contributed by atoms with E-state index in [1.54, 1.807) is 26.2 Å². The van der Waals surface area contributed by atoms with Gasteiger partial charge in [0.25, 0.3) is 5.91 Å². The summed E-state index contributed by atoms with van der Waals surface area (Å²) >= 11 is 6.02. The second-order valence-corrected chi connectivity index (χ2v) is 6.78. The normalized spacial score (nSPS) is 11.9. The van der Waals surface area contributed by atoms with Gasteiger partial charge < -0.3 is 10.1 Å². The van der Waals surface area contributed by atoms with Crippen molar-refractivity contribution in [3.8, 4) is 11.4 Å². The second-order valence-electron chi connectivity index (χ2n) is 6.34. The number of benzene rings is 2. The van der Waals surface area contributed by atoms with Gasteiger partial charge >= 0.3 is 0 Å². The SMILES string of the molecule is COc1ccc(C)cc1C(C)NC(=O)c1nn(-c2cccc(Cl)c2)nc1C. The third-order valence-corrected chi connectivity index (χ3v) is 4.47. The largest absolute Gasteiger partial charge is 0.496 e. The smallest absolute Gasteiger partial charge is 0.274 e. The molecule has 0 aliphatic rings. The predicted octanol–water partition coefficient (Wildman–Crippen LogP) is 4.04. The Kier molecular flexibility index (Phi) is 5.46. The van der Waals surface area contributed by atoms with E-state index in [0.29, 0.717) is 16.4 Å². The maximum absolute atomic E-state index is 12.8. The van der Waals surface area contributed by atoms with Gasteiger partial charge in [0.05, 0.1) is 24.5 Å². The van der Waals surface area contributed by atoms with Crippen molar-refractivity contribution in [2.24, 2.45) is 0 Å². The van der Waals surface area contributed by atoms with Crippen LogP contribution < -0.4 is 10.1 Å². The number of aromatic nitrogens is 3. The summed E-state index contributed by atoms with van der Waals surface area (Å²) < 4.78 is 5.41. The first-order valence-corrected chi connectivity index (χ1v) is 8.92. The topological polar surface area (TPSA) is 69.0 Å². The van der Waals surface area contributed by atoms with Crippen LogP contribution in [0.25, 0.3) is 5.69 Å². The van der Waals surface area contributed by atoms with Crippen molar-refractivity contribution < 1.29 is 9.53 Å². The highest BCUT2D eigenvalue weighted by Gasteiger charge is 2.20. The van der Waals surface area contributed by atoms with Gasteiger partial charge in [0.1, 0.15) is 5.75 Å². The molecular weight excluding hydrogens is 364 g/mol. The fourth-order valence-corrected chi connectivity index (χ4v) is 3.02. The summed E-state index contributed by atoms with van der Waals surface area (Å²) in [7, 11) is 1.61. The van der Waals surface area contributed by atoms with E-state index in [9.17, 15) is 4.79 Å². The molecule has 3 rings (SSSR count). The zero-order chi connectivity index (χ0) is 19.6. The summed E-state index contributed by atoms with van der Waals surface area (Å²) in [4.78, 5) is 14.2. The average Bonchev–Trinajstić information content (AvgIpc) is 3.03. The van der Waals surface area contributed by atoms with E-state index in [2.05, 4.69) is 15.5 Å². The van der Waals surface area contributed by atoms with Gasteiger partial charge in [-0.25, -0.2) is 0 Å². The number of rotatable bonds is 5. The molecule has 0 aliphatic heterocycles. The molecule has 6 nitrogen and oxygen atoms in total. The molecule has 1 N–H and O–H groups in total. The zero-order valence-electron chi connectivity index (χ0n) is 15.7. The highest BCUT2D eigenvalue weighted by molar-refractivity contribution is 6.30. The van der Waals surface area contributed by atoms with Crippen LogP contribution in [-0.4, -0.2) is 28.0 Å². The van der Waals surface area contributed by atoms with E-state index in [1.807, 2.05) is 44.2 Å². The molecule has 0 spiro atoms. The highest BCUT2D eigenvalue weighted by atomic mass is 35.5. The van der Waals surface area contributed by atoms with Crippen LogP contribution in [0.15, 0.2) is 42.5 Å². The first-order valence-electron chi connectivity index (χ1n) is 8.54. The third kappa shape index (κ3) is 4.11. The molecule has 0 saturated heterocycles. The number of halogens is 1. The molecule has 1 heterocycles. The van der Waals surface area contributed by atoms with E-state index in [-0.39, 0.29) is 17.6 Å². The van der Waals surface area contributed by atoms with Crippen molar-refractivity contribution >= 4 is 17.5 Å². The minimum absolute atomic E-state index is 0.247. The molecule has 0 saturated carbocycles. The van der Waals surface area contributed by atoms with E-state index >= 15 is 0 Å². The van der Waals surface area contributed by atoms with Crippen LogP contribution in [0.3, 0.4) is 0 Å². The molecule has 3 aromatic rings. The Labute approximate surface area is 163 Å². The van der Waals surface area contributed by atoms with Gasteiger partial charge in [0.2, 0.25) is 0 Å². The molecular formula is C20H21ClN4O2. The first kappa shape index (κ1) is 18.9. The van der Waals surface area contributed by atoms with Gasteiger partial charge in [0, 0.05) is 10.6 Å². The van der Waals surface area contributed by atoms with Crippen molar-refractivity contribution in [2.75, 3.05) is 7.11 Å². The molecule has 140 valence electrons. The molecule has 2 aromatic carbocycles. The van der Waals surface area contributed by atoms with Crippen molar-refractivity contribution in [2.45, 2.75) is 26.8 Å². The average molecular weight is 385 g/mol. The number of carbonyl (C=O) groups excluding carboxylic acids is 1. The number of nitrogens with zero attached hydrogens (tertiary/aromatic N) is 3. The van der Waals surface area contributed by atoms with Crippen LogP contribution >= 0.6 is 11.6 Å². The maximum atomic E-state index is 12.8. The molecule has 1 amide bonds. The Morgan fingerprint density at radius 2 is 1.96 bits per heavy atom. The van der Waals surface area contributed by atoms with Crippen LogP contribution in [0.1, 0.15) is 40.3 Å². The zero-order valence-corrected chi connectivity index (χ0v) is 16.4. The monoisotopic (exact) mass is 384 g/mol. The minimum Gasteiger partial charge on any atom is -0.496 e. The summed E-state index contributed by atoms with van der Waals surface area (Å²) in [6.45, 7) is 5.66. The summed E-state index contributed by atoms with van der Waals surface area (Å²) in [6.07, 6.45) is 0. The predicted molar refractivity (Wildman–Crippen MR) is 105 cm³/mol. The Hall–Kier alpha value is -2.86. The second kappa shape index (κ2) is 7.80. The fraction of sp³-hybridized carbons (Fsp3) is 0.250. The molecule has 0 aliphatic carbocycles. The molecule has 0 bridgehead atoms. The molecule has 1 aromatic heterocycles. The number of carbonyl (C=O) groups is 1. The standard InChI is InChI=1S/C20H21ClN4O2/c1-12-8-9-18(27-4)17(10-12)13(2)22-20(26)19-14(3)23-25(24-19)16-7-5-6-15(21)11-16/h5-11,13H,1-4H3,(H,22,26). The summed E-state index contributed by atoms with van der Waals surface area (Å²) in [5, 5.41) is 12.2. The fourth-order valence-electron chi connectivity index (χ4n) is 2.84. The Balaban J connectivity index is 1.84. The van der Waals surface area contributed by atoms with Crippen molar-refractivity contribution in [3.05, 3.63) is 70.0 Å². The molecule has 7 heteroatoms. The van der Waals surface area contributed by atoms with Crippen LogP contribution in [0.5, 0.6) is 5.75 Å². The number of hydrogen-bond donors (Lipinski definition) is 1. The summed E-state index contributed by atoms with van der Waals surface area (Å²) in [5.41, 5.74) is 3.50. The van der Waals surface area contributed by atoms with E-state index in [1.165, 1.54) is 4.80 Å². The summed E-state index contributed by atoms with van der Waals surface area (Å²) in [6, 6.07) is 12.8. The lowest BCUT2D eigenvalue weighted by molar-refractivity contribution is 0.0933. The quantitative estimate of drug-likeness (QED) is 0.720. The Morgan fingerprint density at radius 3 is 2.67 bits per heavy atom. The number of amides is 1. The molecule has 0 radical (unpaired) electrons. The highest BCUT2D eigenvalue weighted by Crippen LogP contribution is 2.26. The van der Waals surface area contributed by atoms with E-state index in [4.69, 9.17) is 16.3 Å². The Bertz CT molecular complexity index is 984. The molecule has 27 heavy (non-hydrogen) atoms. The number of ether oxygens (including phenoxy) is 1. The van der Waals surface area contributed by atoms with Crippen molar-refractivity contribution in [3.63, 3.8) is 0 Å². The lowest BCUT2D eigenvalue weighted by atomic mass is 10.0. The first-order chi connectivity index (χ1) is 12.9. The van der Waals surface area contributed by atoms with Gasteiger partial charge in [-0.15, -0.1) is 5.10 Å². The minimum atomic E-state index is -0.295. The van der Waals surface area contributed by atoms with Crippen LogP contribution in [0, 0.1) is 13.8 Å². The van der Waals surface area contributed by atoms with Gasteiger partial charge in [-0.1, -0.05) is 35.4 Å². The van der Waals surface area contributed by atoms with E-state index < -0.39 is 0 Å². The number of aryl methyl sites for hydroxylation is 2. The van der Waals surface area contributed by atoms with Gasteiger partial charge in [-0.2, -0.15) is 9.90 Å². The van der Waals surface area contributed by atoms with E-state index in [0.717, 1.165) is 16.9 Å². The van der Waals surface area contributed by atoms with Crippen LogP contribution in [0.4, 0.5) is 0 Å². The van der Waals surface area contributed by atoms with Crippen molar-refractivity contribution in [1.82, 2.24) is 20.3 Å². The third-order valence-electron chi connectivity index (χ3n) is 4.24. The Morgan fingerprint density at radius 1 is 1.19 bits per heavy atom. The van der Waals surface area contributed by atoms with Crippen LogP contribution in [0.2, 0.25) is 5.02 Å². The van der Waals surface area contributed by atoms with Crippen LogP contribution in [-0.2, 0) is 0 Å². The molecule has 1 atom stereocenters. The van der Waals surface area contributed by atoms with Gasteiger partial charge in [-0.3, -0.25) is 4.79 Å². The van der Waals surface area contributed by atoms with Gasteiger partial charge in [-0.05, 0) is 45.0 Å². The number of hydrogen-bond acceptors (Lipinski definition) is 4. The van der Waals surface area contributed by atoms with Crippen molar-refractivity contribution in [1.29, 1.82) is 0 Å². The lowest BCUT2D eigenvalue weighted by Crippen LogP contribution is -2.28. The summed E-state index contributed by atoms with van der Waals surface area (Å²) in [5.74, 6) is 0.435. The molecule has 0 fully saturated rings. The van der Waals surface area contributed by atoms with Gasteiger partial charge in [0.15, 0.2) is 5.69 Å². The number of methoxy groups -OCH3 is 1. The number of nitrogens with one attached hydrogen (secondary N) is 1.